The van der Waals surface area contributed by atoms with Crippen LogP contribution < -0.4 is 10.6 Å². The number of rotatable bonds is 2. The highest BCUT2D eigenvalue weighted by Crippen LogP contribution is 2.34. The van der Waals surface area contributed by atoms with Gasteiger partial charge in [0.25, 0.3) is 0 Å². The quantitative estimate of drug-likeness (QED) is 0.738. The maximum absolute atomic E-state index is 13.3. The molecule has 3 aromatic rings. The first kappa shape index (κ1) is 16.7. The summed E-state index contributed by atoms with van der Waals surface area (Å²) in [6.07, 6.45) is -0.966. The fourth-order valence-corrected chi connectivity index (χ4v) is 3.68. The van der Waals surface area contributed by atoms with Crippen molar-refractivity contribution in [1.29, 1.82) is 0 Å². The van der Waals surface area contributed by atoms with Crippen molar-refractivity contribution in [3.8, 4) is 11.4 Å². The minimum Gasteiger partial charge on any atom is -0.375 e. The number of halogens is 3. The van der Waals surface area contributed by atoms with E-state index in [4.69, 9.17) is 5.73 Å². The highest BCUT2D eigenvalue weighted by molar-refractivity contribution is 7.15. The first-order valence-electron chi connectivity index (χ1n) is 7.76. The van der Waals surface area contributed by atoms with Crippen molar-refractivity contribution in [2.24, 2.45) is 0 Å². The summed E-state index contributed by atoms with van der Waals surface area (Å²) in [5, 5.41) is 0.466. The van der Waals surface area contributed by atoms with Crippen LogP contribution in [-0.4, -0.2) is 26.5 Å². The first-order valence-corrected chi connectivity index (χ1v) is 8.57. The summed E-state index contributed by atoms with van der Waals surface area (Å²) >= 11 is 1.35. The van der Waals surface area contributed by atoms with Gasteiger partial charge in [-0.1, -0.05) is 0 Å². The first-order chi connectivity index (χ1) is 12.4. The van der Waals surface area contributed by atoms with Crippen molar-refractivity contribution < 1.29 is 13.2 Å². The Morgan fingerprint density at radius 2 is 1.88 bits per heavy atom. The summed E-state index contributed by atoms with van der Waals surface area (Å²) in [5.41, 5.74) is 6.15. The zero-order chi connectivity index (χ0) is 18.3. The number of anilines is 2. The molecule has 0 aliphatic carbocycles. The lowest BCUT2D eigenvalue weighted by molar-refractivity contribution is -0.141. The van der Waals surface area contributed by atoms with Gasteiger partial charge in [0.2, 0.25) is 0 Å². The smallest absolute Gasteiger partial charge is 0.375 e. The molecule has 10 heteroatoms. The Kier molecular flexibility index (Phi) is 3.98. The molecule has 1 aliphatic heterocycles. The number of nitrogen functional groups attached to an aromatic ring is 1. The fraction of sp³-hybridized carbons (Fsp3) is 0.250. The minimum absolute atomic E-state index is 0.0202. The van der Waals surface area contributed by atoms with Crippen LogP contribution in [0.15, 0.2) is 30.6 Å². The lowest BCUT2D eigenvalue weighted by Crippen LogP contribution is -2.31. The number of nitrogens with two attached hydrogens (primary N) is 1. The van der Waals surface area contributed by atoms with Crippen LogP contribution in [0.3, 0.4) is 0 Å². The SMILES string of the molecule is Nc1nc2c(s1)CN(c1cc(C(F)(F)F)nc(-c3ccncc3)n1)CC2. The van der Waals surface area contributed by atoms with Gasteiger partial charge in [-0.3, -0.25) is 4.98 Å². The molecule has 0 atom stereocenters. The molecule has 0 radical (unpaired) electrons. The third kappa shape index (κ3) is 3.19. The molecule has 2 N–H and O–H groups in total. The van der Waals surface area contributed by atoms with Crippen LogP contribution in [0.1, 0.15) is 16.3 Å². The largest absolute Gasteiger partial charge is 0.433 e. The van der Waals surface area contributed by atoms with Gasteiger partial charge < -0.3 is 10.6 Å². The molecule has 4 heterocycles. The topological polar surface area (TPSA) is 80.8 Å². The standard InChI is InChI=1S/C16H13F3N6S/c17-16(18,19)12-7-13(24-14(23-12)9-1-4-21-5-2-9)25-6-3-10-11(8-25)26-15(20)22-10/h1-2,4-5,7H,3,6,8H2,(H2,20,22). The molecule has 0 fully saturated rings. The highest BCUT2D eigenvalue weighted by Gasteiger charge is 2.35. The molecule has 0 unspecified atom stereocenters. The molecule has 0 amide bonds. The van der Waals surface area contributed by atoms with Gasteiger partial charge in [-0.05, 0) is 12.1 Å². The Morgan fingerprint density at radius 1 is 1.12 bits per heavy atom. The predicted octanol–water partition coefficient (Wildman–Crippen LogP) is 3.16. The van der Waals surface area contributed by atoms with Crippen molar-refractivity contribution in [1.82, 2.24) is 19.9 Å². The number of fused-ring (bicyclic) bond motifs is 1. The Balaban J connectivity index is 1.76. The average Bonchev–Trinajstić information content (AvgIpc) is 3.00. The summed E-state index contributed by atoms with van der Waals surface area (Å²) in [4.78, 5) is 18.9. The van der Waals surface area contributed by atoms with Crippen LogP contribution in [0, 0.1) is 0 Å². The molecule has 134 valence electrons. The van der Waals surface area contributed by atoms with Crippen LogP contribution in [0.25, 0.3) is 11.4 Å². The summed E-state index contributed by atoms with van der Waals surface area (Å²) in [5.74, 6) is 0.253. The summed E-state index contributed by atoms with van der Waals surface area (Å²) in [6, 6.07) is 4.15. The molecule has 4 rings (SSSR count). The fourth-order valence-electron chi connectivity index (χ4n) is 2.78. The Hall–Kier alpha value is -2.75. The van der Waals surface area contributed by atoms with Crippen molar-refractivity contribution in [2.45, 2.75) is 19.1 Å². The Morgan fingerprint density at radius 3 is 2.62 bits per heavy atom. The second-order valence-electron chi connectivity index (χ2n) is 5.76. The van der Waals surface area contributed by atoms with E-state index in [1.54, 1.807) is 17.0 Å². The number of hydrogen-bond donors (Lipinski definition) is 1. The van der Waals surface area contributed by atoms with Crippen molar-refractivity contribution in [2.75, 3.05) is 17.2 Å². The van der Waals surface area contributed by atoms with Crippen LogP contribution in [-0.2, 0) is 19.1 Å². The van der Waals surface area contributed by atoms with Gasteiger partial charge in [-0.2, -0.15) is 13.2 Å². The van der Waals surface area contributed by atoms with E-state index in [-0.39, 0.29) is 11.6 Å². The zero-order valence-electron chi connectivity index (χ0n) is 13.4. The van der Waals surface area contributed by atoms with Gasteiger partial charge in [-0.15, -0.1) is 11.3 Å². The van der Waals surface area contributed by atoms with E-state index in [0.29, 0.717) is 30.2 Å². The molecule has 0 saturated heterocycles. The van der Waals surface area contributed by atoms with Gasteiger partial charge in [0.15, 0.2) is 16.6 Å². The van der Waals surface area contributed by atoms with Gasteiger partial charge in [0.1, 0.15) is 5.82 Å². The van der Waals surface area contributed by atoms with Crippen LogP contribution >= 0.6 is 11.3 Å². The van der Waals surface area contributed by atoms with Crippen LogP contribution in [0.2, 0.25) is 0 Å². The number of alkyl halides is 3. The predicted molar refractivity (Wildman–Crippen MR) is 91.5 cm³/mol. The molecule has 0 aromatic carbocycles. The molecule has 3 aromatic heterocycles. The van der Waals surface area contributed by atoms with E-state index in [1.807, 2.05) is 0 Å². The normalized spacial score (nSPS) is 14.3. The molecule has 6 nitrogen and oxygen atoms in total. The zero-order valence-corrected chi connectivity index (χ0v) is 14.2. The molecular formula is C16H13F3N6S. The highest BCUT2D eigenvalue weighted by atomic mass is 32.1. The van der Waals surface area contributed by atoms with Gasteiger partial charge in [0.05, 0.1) is 12.2 Å². The van der Waals surface area contributed by atoms with Gasteiger partial charge >= 0.3 is 6.18 Å². The molecular weight excluding hydrogens is 365 g/mol. The molecule has 0 spiro atoms. The summed E-state index contributed by atoms with van der Waals surface area (Å²) < 4.78 is 40.0. The second kappa shape index (κ2) is 6.20. The van der Waals surface area contributed by atoms with E-state index in [1.165, 1.54) is 23.7 Å². The van der Waals surface area contributed by atoms with E-state index in [2.05, 4.69) is 19.9 Å². The number of pyridine rings is 1. The average molecular weight is 378 g/mol. The van der Waals surface area contributed by atoms with Crippen LogP contribution in [0.5, 0.6) is 0 Å². The summed E-state index contributed by atoms with van der Waals surface area (Å²) in [6.45, 7) is 0.939. The van der Waals surface area contributed by atoms with E-state index < -0.39 is 11.9 Å². The van der Waals surface area contributed by atoms with Gasteiger partial charge in [-0.25, -0.2) is 15.0 Å². The molecule has 1 aliphatic rings. The van der Waals surface area contributed by atoms with E-state index in [0.717, 1.165) is 16.6 Å². The molecule has 0 bridgehead atoms. The Bertz CT molecular complexity index is 941. The van der Waals surface area contributed by atoms with E-state index >= 15 is 0 Å². The van der Waals surface area contributed by atoms with Crippen molar-refractivity contribution >= 4 is 22.3 Å². The van der Waals surface area contributed by atoms with Crippen molar-refractivity contribution in [3.63, 3.8) is 0 Å². The molecule has 26 heavy (non-hydrogen) atoms. The Labute approximate surface area is 150 Å². The number of thiazole rings is 1. The number of aromatic nitrogens is 4. The van der Waals surface area contributed by atoms with Crippen LogP contribution in [0.4, 0.5) is 24.1 Å². The second-order valence-corrected chi connectivity index (χ2v) is 6.88. The summed E-state index contributed by atoms with van der Waals surface area (Å²) in [7, 11) is 0. The maximum Gasteiger partial charge on any atom is 0.433 e. The number of hydrogen-bond acceptors (Lipinski definition) is 7. The van der Waals surface area contributed by atoms with E-state index in [9.17, 15) is 13.2 Å². The van der Waals surface area contributed by atoms with Crippen molar-refractivity contribution in [3.05, 3.63) is 46.9 Å². The monoisotopic (exact) mass is 378 g/mol. The lowest BCUT2D eigenvalue weighted by atomic mass is 10.1. The third-order valence-electron chi connectivity index (χ3n) is 4.01. The third-order valence-corrected chi connectivity index (χ3v) is 4.92. The maximum atomic E-state index is 13.3. The lowest BCUT2D eigenvalue weighted by Gasteiger charge is -2.27. The number of nitrogens with zero attached hydrogens (tertiary/aromatic N) is 5. The molecule has 0 saturated carbocycles. The minimum atomic E-state index is -4.56. The van der Waals surface area contributed by atoms with Gasteiger partial charge in [0, 0.05) is 41.9 Å².